The molecule has 0 saturated heterocycles. The fourth-order valence-electron chi connectivity index (χ4n) is 1.41. The van der Waals surface area contributed by atoms with E-state index in [0.717, 1.165) is 13.0 Å². The third-order valence-electron chi connectivity index (χ3n) is 1.99. The number of carbonyl (C=O) groups is 1. The van der Waals surface area contributed by atoms with Gasteiger partial charge in [0.05, 0.1) is 5.75 Å². The molecule has 0 aliphatic carbocycles. The largest absolute Gasteiger partial charge is 0.354 e. The summed E-state index contributed by atoms with van der Waals surface area (Å²) < 4.78 is 23.0. The lowest BCUT2D eigenvalue weighted by Crippen LogP contribution is -2.36. The molecule has 0 aromatic carbocycles. The highest BCUT2D eigenvalue weighted by atomic mass is 32.2. The van der Waals surface area contributed by atoms with Crippen LogP contribution in [0.25, 0.3) is 0 Å². The molecule has 17 heavy (non-hydrogen) atoms. The fourth-order valence-corrected chi connectivity index (χ4v) is 3.04. The van der Waals surface area contributed by atoms with Gasteiger partial charge in [-0.1, -0.05) is 20.8 Å². The molecule has 0 heterocycles. The van der Waals surface area contributed by atoms with Crippen LogP contribution in [0.5, 0.6) is 0 Å². The lowest BCUT2D eigenvalue weighted by Gasteiger charge is -2.08. The van der Waals surface area contributed by atoms with E-state index in [4.69, 9.17) is 0 Å². The maximum Gasteiger partial charge on any atom is 0.235 e. The summed E-state index contributed by atoms with van der Waals surface area (Å²) in [6, 6.07) is 0. The molecule has 0 saturated carbocycles. The molecular formula is C11H24N2O3S. The molecule has 0 aliphatic rings. The highest BCUT2D eigenvalue weighted by Gasteiger charge is 2.17. The molecule has 0 fully saturated rings. The third kappa shape index (κ3) is 10.3. The molecule has 0 rings (SSSR count). The first kappa shape index (κ1) is 16.4. The zero-order chi connectivity index (χ0) is 13.3. The predicted molar refractivity (Wildman–Crippen MR) is 69.7 cm³/mol. The second-order valence-electron chi connectivity index (χ2n) is 4.55. The minimum absolute atomic E-state index is 0.0546. The summed E-state index contributed by atoms with van der Waals surface area (Å²) in [5.74, 6) is -0.698. The van der Waals surface area contributed by atoms with Gasteiger partial charge in [-0.15, -0.1) is 0 Å². The standard InChI is InChI=1S/C11H24N2O3S/c1-4-5-12-6-7-13-11(14)9-17(15,16)8-10(2)3/h10,12H,4-9H2,1-3H3,(H,13,14). The van der Waals surface area contributed by atoms with Gasteiger partial charge in [0.1, 0.15) is 5.75 Å². The normalized spacial score (nSPS) is 11.8. The number of amides is 1. The number of carbonyl (C=O) groups excluding carboxylic acids is 1. The van der Waals surface area contributed by atoms with Crippen molar-refractivity contribution in [3.05, 3.63) is 0 Å². The Balaban J connectivity index is 3.78. The summed E-state index contributed by atoms with van der Waals surface area (Å²) in [5, 5.41) is 5.71. The Morgan fingerprint density at radius 3 is 2.35 bits per heavy atom. The van der Waals surface area contributed by atoms with Gasteiger partial charge in [-0.2, -0.15) is 0 Å². The number of hydrogen-bond acceptors (Lipinski definition) is 4. The summed E-state index contributed by atoms with van der Waals surface area (Å²) in [7, 11) is -3.26. The van der Waals surface area contributed by atoms with Crippen molar-refractivity contribution in [1.82, 2.24) is 10.6 Å². The van der Waals surface area contributed by atoms with Crippen LogP contribution in [-0.4, -0.2) is 45.5 Å². The molecule has 0 spiro atoms. The van der Waals surface area contributed by atoms with Crippen LogP contribution < -0.4 is 10.6 Å². The van der Waals surface area contributed by atoms with E-state index in [0.29, 0.717) is 13.1 Å². The van der Waals surface area contributed by atoms with Crippen molar-refractivity contribution in [3.8, 4) is 0 Å². The molecule has 0 atom stereocenters. The van der Waals surface area contributed by atoms with Crippen molar-refractivity contribution in [2.45, 2.75) is 27.2 Å². The van der Waals surface area contributed by atoms with E-state index >= 15 is 0 Å². The Morgan fingerprint density at radius 2 is 1.82 bits per heavy atom. The van der Waals surface area contributed by atoms with E-state index in [1.807, 2.05) is 13.8 Å². The highest BCUT2D eigenvalue weighted by Crippen LogP contribution is 2.00. The van der Waals surface area contributed by atoms with E-state index < -0.39 is 21.5 Å². The maximum atomic E-state index is 11.5. The Kier molecular flexibility index (Phi) is 8.16. The molecule has 0 radical (unpaired) electrons. The molecule has 0 aromatic heterocycles. The lowest BCUT2D eigenvalue weighted by atomic mass is 10.3. The smallest absolute Gasteiger partial charge is 0.235 e. The van der Waals surface area contributed by atoms with Crippen LogP contribution in [0.3, 0.4) is 0 Å². The maximum absolute atomic E-state index is 11.5. The van der Waals surface area contributed by atoms with Crippen molar-refractivity contribution in [3.63, 3.8) is 0 Å². The van der Waals surface area contributed by atoms with Gasteiger partial charge in [0.15, 0.2) is 9.84 Å². The van der Waals surface area contributed by atoms with Crippen molar-refractivity contribution in [2.75, 3.05) is 31.1 Å². The van der Waals surface area contributed by atoms with E-state index in [1.165, 1.54) is 0 Å². The minimum atomic E-state index is -3.26. The lowest BCUT2D eigenvalue weighted by molar-refractivity contribution is -0.118. The summed E-state index contributed by atoms with van der Waals surface area (Å²) in [6.07, 6.45) is 1.04. The van der Waals surface area contributed by atoms with Gasteiger partial charge in [0, 0.05) is 13.1 Å². The molecule has 1 amide bonds. The van der Waals surface area contributed by atoms with Gasteiger partial charge >= 0.3 is 0 Å². The molecule has 0 aliphatic heterocycles. The van der Waals surface area contributed by atoms with Crippen LogP contribution in [0.15, 0.2) is 0 Å². The first-order chi connectivity index (χ1) is 7.87. The first-order valence-corrected chi connectivity index (χ1v) is 7.87. The second-order valence-corrected chi connectivity index (χ2v) is 6.66. The zero-order valence-electron chi connectivity index (χ0n) is 11.0. The van der Waals surface area contributed by atoms with Crippen molar-refractivity contribution in [1.29, 1.82) is 0 Å². The molecule has 2 N–H and O–H groups in total. The van der Waals surface area contributed by atoms with Crippen molar-refractivity contribution < 1.29 is 13.2 Å². The molecule has 0 bridgehead atoms. The van der Waals surface area contributed by atoms with E-state index in [-0.39, 0.29) is 11.7 Å². The molecule has 102 valence electrons. The predicted octanol–water partition coefficient (Wildman–Crippen LogP) is 0.173. The Morgan fingerprint density at radius 1 is 1.18 bits per heavy atom. The van der Waals surface area contributed by atoms with Crippen LogP contribution in [0.4, 0.5) is 0 Å². The molecule has 6 heteroatoms. The molecular weight excluding hydrogens is 240 g/mol. The van der Waals surface area contributed by atoms with Crippen LogP contribution in [0, 0.1) is 5.92 Å². The second kappa shape index (κ2) is 8.47. The van der Waals surface area contributed by atoms with Gasteiger partial charge in [-0.05, 0) is 18.9 Å². The highest BCUT2D eigenvalue weighted by molar-refractivity contribution is 7.92. The molecule has 0 aromatic rings. The minimum Gasteiger partial charge on any atom is -0.354 e. The average molecular weight is 264 g/mol. The molecule has 5 nitrogen and oxygen atoms in total. The Hall–Kier alpha value is -0.620. The van der Waals surface area contributed by atoms with Crippen molar-refractivity contribution >= 4 is 15.7 Å². The zero-order valence-corrected chi connectivity index (χ0v) is 11.8. The summed E-state index contributed by atoms with van der Waals surface area (Å²) in [6.45, 7) is 7.75. The van der Waals surface area contributed by atoms with E-state index in [2.05, 4.69) is 17.6 Å². The topological polar surface area (TPSA) is 75.3 Å². The summed E-state index contributed by atoms with van der Waals surface area (Å²) in [4.78, 5) is 11.4. The summed E-state index contributed by atoms with van der Waals surface area (Å²) in [5.41, 5.74) is 0. The van der Waals surface area contributed by atoms with Gasteiger partial charge in [-0.25, -0.2) is 8.42 Å². The summed E-state index contributed by atoms with van der Waals surface area (Å²) >= 11 is 0. The number of hydrogen-bond donors (Lipinski definition) is 2. The number of nitrogens with one attached hydrogen (secondary N) is 2. The number of sulfone groups is 1. The first-order valence-electron chi connectivity index (χ1n) is 6.05. The van der Waals surface area contributed by atoms with Crippen molar-refractivity contribution in [2.24, 2.45) is 5.92 Å². The van der Waals surface area contributed by atoms with Crippen LogP contribution in [0.1, 0.15) is 27.2 Å². The van der Waals surface area contributed by atoms with E-state index in [1.54, 1.807) is 0 Å². The number of rotatable bonds is 9. The van der Waals surface area contributed by atoms with Crippen LogP contribution in [-0.2, 0) is 14.6 Å². The van der Waals surface area contributed by atoms with Crippen LogP contribution in [0.2, 0.25) is 0 Å². The van der Waals surface area contributed by atoms with Gasteiger partial charge in [0.25, 0.3) is 0 Å². The third-order valence-corrected chi connectivity index (χ3v) is 3.87. The van der Waals surface area contributed by atoms with Gasteiger partial charge in [0.2, 0.25) is 5.91 Å². The average Bonchev–Trinajstić information content (AvgIpc) is 2.14. The molecule has 0 unspecified atom stereocenters. The Labute approximate surface area is 104 Å². The van der Waals surface area contributed by atoms with Gasteiger partial charge in [-0.3, -0.25) is 4.79 Å². The monoisotopic (exact) mass is 264 g/mol. The SMILES string of the molecule is CCCNCCNC(=O)CS(=O)(=O)CC(C)C. The quantitative estimate of drug-likeness (QED) is 0.582. The van der Waals surface area contributed by atoms with E-state index in [9.17, 15) is 13.2 Å². The fraction of sp³-hybridized carbons (Fsp3) is 0.909. The van der Waals surface area contributed by atoms with Gasteiger partial charge < -0.3 is 10.6 Å². The Bertz CT molecular complexity index is 313. The van der Waals surface area contributed by atoms with Crippen LogP contribution >= 0.6 is 0 Å².